The van der Waals surface area contributed by atoms with E-state index in [0.29, 0.717) is 12.0 Å². The summed E-state index contributed by atoms with van der Waals surface area (Å²) in [6, 6.07) is -0.0416. The van der Waals surface area contributed by atoms with Crippen molar-refractivity contribution in [3.63, 3.8) is 0 Å². The molecule has 4 nitrogen and oxygen atoms in total. The lowest BCUT2D eigenvalue weighted by molar-refractivity contribution is -0.149. The van der Waals surface area contributed by atoms with Crippen LogP contribution in [0, 0.1) is 5.92 Å². The second kappa shape index (κ2) is 3.26. The third-order valence-electron chi connectivity index (χ3n) is 3.32. The Bertz CT molecular complexity index is 277. The fraction of sp³-hybridized carbons (Fsp3) is 0.800. The topological polar surface area (TPSA) is 49.4 Å². The first-order valence-corrected chi connectivity index (χ1v) is 5.19. The lowest BCUT2D eigenvalue weighted by atomic mass is 9.79. The molecule has 1 aliphatic heterocycles. The van der Waals surface area contributed by atoms with E-state index in [0.717, 1.165) is 6.42 Å². The molecule has 1 saturated heterocycles. The molecule has 0 aromatic rings. The highest BCUT2D eigenvalue weighted by molar-refractivity contribution is 5.94. The van der Waals surface area contributed by atoms with Gasteiger partial charge in [0.2, 0.25) is 11.8 Å². The number of nitrogens with one attached hydrogen (secondary N) is 1. The maximum atomic E-state index is 11.8. The van der Waals surface area contributed by atoms with Crippen LogP contribution in [0.2, 0.25) is 0 Å². The van der Waals surface area contributed by atoms with Crippen molar-refractivity contribution in [2.24, 2.45) is 5.92 Å². The predicted octanol–water partition coefficient (Wildman–Crippen LogP) is 0.132. The summed E-state index contributed by atoms with van der Waals surface area (Å²) in [6.45, 7) is 4.13. The highest BCUT2D eigenvalue weighted by atomic mass is 16.2. The van der Waals surface area contributed by atoms with Crippen LogP contribution in [-0.2, 0) is 9.59 Å². The molecule has 3 atom stereocenters. The fourth-order valence-electron chi connectivity index (χ4n) is 2.22. The van der Waals surface area contributed by atoms with Crippen molar-refractivity contribution in [1.82, 2.24) is 10.2 Å². The zero-order valence-corrected chi connectivity index (χ0v) is 8.62. The van der Waals surface area contributed by atoms with E-state index in [-0.39, 0.29) is 24.4 Å². The number of hydrogen-bond donors (Lipinski definition) is 1. The Morgan fingerprint density at radius 1 is 1.29 bits per heavy atom. The van der Waals surface area contributed by atoms with Gasteiger partial charge in [0.1, 0.15) is 6.04 Å². The molecule has 0 spiro atoms. The van der Waals surface area contributed by atoms with Crippen LogP contribution in [0.5, 0.6) is 0 Å². The SMILES string of the molecule is CC1NC(=O)CN(C2CCC2C)C1=O. The summed E-state index contributed by atoms with van der Waals surface area (Å²) in [4.78, 5) is 24.8. The summed E-state index contributed by atoms with van der Waals surface area (Å²) in [5, 5.41) is 2.65. The summed E-state index contributed by atoms with van der Waals surface area (Å²) in [6.07, 6.45) is 2.22. The van der Waals surface area contributed by atoms with E-state index in [1.165, 1.54) is 6.42 Å². The molecule has 2 amide bonds. The van der Waals surface area contributed by atoms with Crippen LogP contribution in [0.15, 0.2) is 0 Å². The predicted molar refractivity (Wildman–Crippen MR) is 51.5 cm³/mol. The Labute approximate surface area is 83.6 Å². The summed E-state index contributed by atoms with van der Waals surface area (Å²) in [5.74, 6) is 0.592. The van der Waals surface area contributed by atoms with E-state index in [9.17, 15) is 9.59 Å². The van der Waals surface area contributed by atoms with Crippen molar-refractivity contribution < 1.29 is 9.59 Å². The number of nitrogens with zero attached hydrogens (tertiary/aromatic N) is 1. The van der Waals surface area contributed by atoms with Gasteiger partial charge in [-0.3, -0.25) is 9.59 Å². The van der Waals surface area contributed by atoms with Gasteiger partial charge < -0.3 is 10.2 Å². The molecule has 1 aliphatic carbocycles. The zero-order chi connectivity index (χ0) is 10.3. The molecule has 2 fully saturated rings. The van der Waals surface area contributed by atoms with Gasteiger partial charge in [0.05, 0.1) is 6.54 Å². The number of amides is 2. The second-order valence-electron chi connectivity index (χ2n) is 4.38. The van der Waals surface area contributed by atoms with E-state index < -0.39 is 0 Å². The Balaban J connectivity index is 2.09. The van der Waals surface area contributed by atoms with Gasteiger partial charge in [0.15, 0.2) is 0 Å². The van der Waals surface area contributed by atoms with Gasteiger partial charge >= 0.3 is 0 Å². The number of rotatable bonds is 1. The molecule has 1 heterocycles. The maximum absolute atomic E-state index is 11.8. The van der Waals surface area contributed by atoms with Gasteiger partial charge in [-0.2, -0.15) is 0 Å². The lowest BCUT2D eigenvalue weighted by Gasteiger charge is -2.45. The van der Waals surface area contributed by atoms with E-state index in [1.807, 2.05) is 0 Å². The quantitative estimate of drug-likeness (QED) is 0.648. The zero-order valence-electron chi connectivity index (χ0n) is 8.62. The molecule has 0 bridgehead atoms. The first kappa shape index (κ1) is 9.49. The molecule has 14 heavy (non-hydrogen) atoms. The standard InChI is InChI=1S/C10H16N2O2/c1-6-3-4-8(6)12-5-9(13)11-7(2)10(12)14/h6-8H,3-5H2,1-2H3,(H,11,13). The van der Waals surface area contributed by atoms with Crippen LogP contribution in [0.1, 0.15) is 26.7 Å². The number of hydrogen-bond acceptors (Lipinski definition) is 2. The average molecular weight is 196 g/mol. The molecule has 0 radical (unpaired) electrons. The van der Waals surface area contributed by atoms with E-state index >= 15 is 0 Å². The number of carbonyl (C=O) groups is 2. The Morgan fingerprint density at radius 3 is 2.50 bits per heavy atom. The first-order chi connectivity index (χ1) is 6.59. The monoisotopic (exact) mass is 196 g/mol. The van der Waals surface area contributed by atoms with Crippen molar-refractivity contribution in [1.29, 1.82) is 0 Å². The molecular formula is C10H16N2O2. The summed E-state index contributed by atoms with van der Waals surface area (Å²) in [5.41, 5.74) is 0. The molecule has 4 heteroatoms. The summed E-state index contributed by atoms with van der Waals surface area (Å²) >= 11 is 0. The Morgan fingerprint density at radius 2 is 2.00 bits per heavy atom. The third kappa shape index (κ3) is 1.38. The minimum Gasteiger partial charge on any atom is -0.343 e. The van der Waals surface area contributed by atoms with Crippen LogP contribution >= 0.6 is 0 Å². The molecule has 78 valence electrons. The molecule has 3 unspecified atom stereocenters. The molecule has 0 aromatic carbocycles. The smallest absolute Gasteiger partial charge is 0.245 e. The van der Waals surface area contributed by atoms with E-state index in [1.54, 1.807) is 11.8 Å². The normalized spacial score (nSPS) is 37.9. The van der Waals surface area contributed by atoms with Crippen LogP contribution in [-0.4, -0.2) is 35.3 Å². The van der Waals surface area contributed by atoms with Crippen LogP contribution in [0.25, 0.3) is 0 Å². The molecule has 1 N–H and O–H groups in total. The van der Waals surface area contributed by atoms with Crippen molar-refractivity contribution in [3.05, 3.63) is 0 Å². The minimum absolute atomic E-state index is 0.0313. The minimum atomic E-state index is -0.343. The van der Waals surface area contributed by atoms with Crippen molar-refractivity contribution in [3.8, 4) is 0 Å². The van der Waals surface area contributed by atoms with E-state index in [4.69, 9.17) is 0 Å². The van der Waals surface area contributed by atoms with Crippen molar-refractivity contribution in [2.75, 3.05) is 6.54 Å². The van der Waals surface area contributed by atoms with Crippen LogP contribution in [0.4, 0.5) is 0 Å². The fourth-order valence-corrected chi connectivity index (χ4v) is 2.22. The molecule has 2 aliphatic rings. The van der Waals surface area contributed by atoms with Crippen LogP contribution < -0.4 is 5.32 Å². The Hall–Kier alpha value is -1.06. The van der Waals surface area contributed by atoms with Gasteiger partial charge in [-0.1, -0.05) is 6.92 Å². The Kier molecular flexibility index (Phi) is 2.21. The van der Waals surface area contributed by atoms with Gasteiger partial charge in [0, 0.05) is 6.04 Å². The van der Waals surface area contributed by atoms with Crippen molar-refractivity contribution in [2.45, 2.75) is 38.8 Å². The van der Waals surface area contributed by atoms with Crippen LogP contribution in [0.3, 0.4) is 0 Å². The van der Waals surface area contributed by atoms with Gasteiger partial charge in [0.25, 0.3) is 0 Å². The van der Waals surface area contributed by atoms with Gasteiger partial charge in [-0.05, 0) is 25.7 Å². The third-order valence-corrected chi connectivity index (χ3v) is 3.32. The lowest BCUT2D eigenvalue weighted by Crippen LogP contribution is -2.62. The van der Waals surface area contributed by atoms with Gasteiger partial charge in [-0.15, -0.1) is 0 Å². The molecule has 1 saturated carbocycles. The largest absolute Gasteiger partial charge is 0.343 e. The summed E-state index contributed by atoms with van der Waals surface area (Å²) in [7, 11) is 0. The highest BCUT2D eigenvalue weighted by Gasteiger charge is 2.40. The number of carbonyl (C=O) groups excluding carboxylic acids is 2. The number of piperazine rings is 1. The first-order valence-electron chi connectivity index (χ1n) is 5.19. The molecular weight excluding hydrogens is 180 g/mol. The molecule has 2 rings (SSSR count). The van der Waals surface area contributed by atoms with Crippen molar-refractivity contribution >= 4 is 11.8 Å². The van der Waals surface area contributed by atoms with Gasteiger partial charge in [-0.25, -0.2) is 0 Å². The second-order valence-corrected chi connectivity index (χ2v) is 4.38. The molecule has 0 aromatic heterocycles. The average Bonchev–Trinajstić information content (AvgIpc) is 2.11. The maximum Gasteiger partial charge on any atom is 0.245 e. The highest BCUT2D eigenvalue weighted by Crippen LogP contribution is 2.32. The van der Waals surface area contributed by atoms with E-state index in [2.05, 4.69) is 12.2 Å². The summed E-state index contributed by atoms with van der Waals surface area (Å²) < 4.78 is 0.